The summed E-state index contributed by atoms with van der Waals surface area (Å²) in [5.74, 6) is 0.932. The van der Waals surface area contributed by atoms with Gasteiger partial charge in [0.15, 0.2) is 5.82 Å². The van der Waals surface area contributed by atoms with Crippen LogP contribution in [0.3, 0.4) is 0 Å². The lowest BCUT2D eigenvalue weighted by Crippen LogP contribution is -2.42. The summed E-state index contributed by atoms with van der Waals surface area (Å²) in [6.45, 7) is 3.15. The van der Waals surface area contributed by atoms with Crippen molar-refractivity contribution < 1.29 is 22.7 Å². The number of nitrogens with zero attached hydrogens (tertiary/aromatic N) is 5. The van der Waals surface area contributed by atoms with Gasteiger partial charge in [0.1, 0.15) is 5.75 Å². The molecule has 0 radical (unpaired) electrons. The van der Waals surface area contributed by atoms with Crippen LogP contribution in [-0.4, -0.2) is 44.2 Å². The van der Waals surface area contributed by atoms with Crippen LogP contribution in [0.25, 0.3) is 6.08 Å². The van der Waals surface area contributed by atoms with Gasteiger partial charge in [-0.1, -0.05) is 30.7 Å². The van der Waals surface area contributed by atoms with Crippen LogP contribution in [-0.2, 0) is 6.18 Å². The number of ether oxygens (including phenoxy) is 1. The Morgan fingerprint density at radius 1 is 1.21 bits per heavy atom. The maximum absolute atomic E-state index is 12.7. The van der Waals surface area contributed by atoms with Crippen LogP contribution in [0.15, 0.2) is 60.6 Å². The zero-order valence-electron chi connectivity index (χ0n) is 18.2. The summed E-state index contributed by atoms with van der Waals surface area (Å²) in [5, 5.41) is 10.4. The van der Waals surface area contributed by atoms with Gasteiger partial charge in [0, 0.05) is 31.7 Å². The number of benzene rings is 1. The van der Waals surface area contributed by atoms with Crippen molar-refractivity contribution in [2.45, 2.75) is 19.5 Å². The van der Waals surface area contributed by atoms with E-state index in [1.807, 2.05) is 19.1 Å². The molecule has 11 heteroatoms. The minimum absolute atomic E-state index is 0.129. The maximum atomic E-state index is 12.7. The molecule has 2 amide bonds. The highest BCUT2D eigenvalue weighted by Gasteiger charge is 2.31. The molecule has 2 aromatic heterocycles. The standard InChI is InChI=1S/C23H21F3N6O2/c1-15-14-32(22(33)30-20-6-3-8-29-31-20)9-7-17(15)10-16-4-2-5-19(11-16)34-21-27-12-18(13-28-21)23(24,25)26/h2-6,8,10-13,15H,7,9,14H2,1H3,(H,30,31,33). The molecule has 0 bridgehead atoms. The van der Waals surface area contributed by atoms with E-state index in [9.17, 15) is 18.0 Å². The smallest absolute Gasteiger partial charge is 0.419 e. The molecule has 176 valence electrons. The summed E-state index contributed by atoms with van der Waals surface area (Å²) in [7, 11) is 0. The second kappa shape index (κ2) is 9.86. The van der Waals surface area contributed by atoms with E-state index >= 15 is 0 Å². The summed E-state index contributed by atoms with van der Waals surface area (Å²) in [6.07, 6.45) is 1.12. The predicted octanol–water partition coefficient (Wildman–Crippen LogP) is 5.04. The van der Waals surface area contributed by atoms with E-state index in [0.717, 1.165) is 5.56 Å². The molecule has 3 heterocycles. The Morgan fingerprint density at radius 3 is 2.68 bits per heavy atom. The Hall–Kier alpha value is -4.02. The fraction of sp³-hybridized carbons (Fsp3) is 0.261. The topological polar surface area (TPSA) is 93.1 Å². The van der Waals surface area contributed by atoms with Gasteiger partial charge in [-0.2, -0.15) is 18.3 Å². The molecule has 1 N–H and O–H groups in total. The number of aromatic nitrogens is 4. The number of carbonyl (C=O) groups is 1. The molecule has 1 aliphatic rings. The number of hydrogen-bond donors (Lipinski definition) is 1. The molecule has 1 aromatic carbocycles. The molecule has 1 saturated heterocycles. The average Bonchev–Trinajstić information content (AvgIpc) is 2.81. The van der Waals surface area contributed by atoms with Gasteiger partial charge in [0.2, 0.25) is 0 Å². The van der Waals surface area contributed by atoms with E-state index in [1.165, 1.54) is 11.8 Å². The second-order valence-corrected chi connectivity index (χ2v) is 7.78. The van der Waals surface area contributed by atoms with Crippen LogP contribution in [0.2, 0.25) is 0 Å². The Bertz CT molecular complexity index is 1170. The maximum Gasteiger partial charge on any atom is 0.419 e. The van der Waals surface area contributed by atoms with Crippen LogP contribution in [0.5, 0.6) is 11.8 Å². The number of hydrogen-bond acceptors (Lipinski definition) is 6. The molecule has 1 aliphatic heterocycles. The zero-order valence-corrected chi connectivity index (χ0v) is 18.2. The molecule has 1 atom stereocenters. The molecule has 3 aromatic rings. The lowest BCUT2D eigenvalue weighted by molar-refractivity contribution is -0.138. The van der Waals surface area contributed by atoms with Crippen molar-refractivity contribution in [2.24, 2.45) is 5.92 Å². The lowest BCUT2D eigenvalue weighted by Gasteiger charge is -2.33. The molecule has 1 unspecified atom stereocenters. The monoisotopic (exact) mass is 470 g/mol. The molecule has 0 aliphatic carbocycles. The molecule has 8 nitrogen and oxygen atoms in total. The molecular weight excluding hydrogens is 449 g/mol. The highest BCUT2D eigenvalue weighted by Crippen LogP contribution is 2.30. The number of alkyl halides is 3. The number of halogens is 3. The predicted molar refractivity (Wildman–Crippen MR) is 118 cm³/mol. The van der Waals surface area contributed by atoms with Crippen LogP contribution in [0, 0.1) is 5.92 Å². The SMILES string of the molecule is CC1CN(C(=O)Nc2cccnn2)CCC1=Cc1cccc(Oc2ncc(C(F)(F)F)cn2)c1. The Balaban J connectivity index is 1.39. The number of likely N-dealkylation sites (tertiary alicyclic amines) is 1. The zero-order chi connectivity index (χ0) is 24.1. The summed E-state index contributed by atoms with van der Waals surface area (Å²) in [4.78, 5) is 21.5. The number of anilines is 1. The summed E-state index contributed by atoms with van der Waals surface area (Å²) in [6, 6.07) is 10.1. The largest absolute Gasteiger partial charge is 0.424 e. The van der Waals surface area contributed by atoms with Gasteiger partial charge in [-0.15, -0.1) is 5.10 Å². The number of piperidine rings is 1. The average molecular weight is 470 g/mol. The van der Waals surface area contributed by atoms with Gasteiger partial charge in [0.25, 0.3) is 0 Å². The first-order valence-corrected chi connectivity index (χ1v) is 10.5. The van der Waals surface area contributed by atoms with E-state index in [2.05, 4.69) is 25.5 Å². The van der Waals surface area contributed by atoms with Gasteiger partial charge in [0.05, 0.1) is 5.56 Å². The second-order valence-electron chi connectivity index (χ2n) is 7.78. The third-order valence-corrected chi connectivity index (χ3v) is 5.27. The highest BCUT2D eigenvalue weighted by molar-refractivity contribution is 5.88. The number of carbonyl (C=O) groups excluding carboxylic acids is 1. The molecule has 0 spiro atoms. The number of amides is 2. The van der Waals surface area contributed by atoms with E-state index in [4.69, 9.17) is 4.74 Å². The highest BCUT2D eigenvalue weighted by atomic mass is 19.4. The third-order valence-electron chi connectivity index (χ3n) is 5.27. The minimum Gasteiger partial charge on any atom is -0.424 e. The molecule has 0 saturated carbocycles. The lowest BCUT2D eigenvalue weighted by atomic mass is 9.91. The van der Waals surface area contributed by atoms with Crippen molar-refractivity contribution in [3.05, 3.63) is 71.7 Å². The van der Waals surface area contributed by atoms with E-state index in [0.29, 0.717) is 43.5 Å². The van der Waals surface area contributed by atoms with Gasteiger partial charge in [-0.05, 0) is 42.2 Å². The van der Waals surface area contributed by atoms with Crippen molar-refractivity contribution in [3.8, 4) is 11.8 Å². The molecule has 4 rings (SSSR count). The Morgan fingerprint density at radius 2 is 2.00 bits per heavy atom. The van der Waals surface area contributed by atoms with Crippen LogP contribution in [0.4, 0.5) is 23.8 Å². The van der Waals surface area contributed by atoms with Crippen LogP contribution in [0.1, 0.15) is 24.5 Å². The fourth-order valence-corrected chi connectivity index (χ4v) is 3.51. The number of nitrogens with one attached hydrogen (secondary N) is 1. The summed E-state index contributed by atoms with van der Waals surface area (Å²) < 4.78 is 43.5. The fourth-order valence-electron chi connectivity index (χ4n) is 3.51. The van der Waals surface area contributed by atoms with E-state index in [-0.39, 0.29) is 18.0 Å². The summed E-state index contributed by atoms with van der Waals surface area (Å²) in [5.41, 5.74) is 1.10. The van der Waals surface area contributed by atoms with Crippen LogP contribution < -0.4 is 10.1 Å². The van der Waals surface area contributed by atoms with Crippen molar-refractivity contribution in [3.63, 3.8) is 0 Å². The molecule has 1 fully saturated rings. The van der Waals surface area contributed by atoms with Gasteiger partial charge >= 0.3 is 18.2 Å². The summed E-state index contributed by atoms with van der Waals surface area (Å²) >= 11 is 0. The normalized spacial score (nSPS) is 17.5. The number of rotatable bonds is 4. The van der Waals surface area contributed by atoms with Gasteiger partial charge in [-0.25, -0.2) is 14.8 Å². The minimum atomic E-state index is -4.51. The first kappa shape index (κ1) is 23.1. The molecular formula is C23H21F3N6O2. The van der Waals surface area contributed by atoms with Crippen molar-refractivity contribution >= 4 is 17.9 Å². The van der Waals surface area contributed by atoms with Crippen molar-refractivity contribution in [1.29, 1.82) is 0 Å². The Labute approximate surface area is 193 Å². The quantitative estimate of drug-likeness (QED) is 0.575. The first-order valence-electron chi connectivity index (χ1n) is 10.5. The van der Waals surface area contributed by atoms with Crippen molar-refractivity contribution in [2.75, 3.05) is 18.4 Å². The number of urea groups is 1. The first-order chi connectivity index (χ1) is 16.3. The third kappa shape index (κ3) is 5.85. The van der Waals surface area contributed by atoms with Gasteiger partial charge < -0.3 is 9.64 Å². The van der Waals surface area contributed by atoms with E-state index < -0.39 is 11.7 Å². The van der Waals surface area contributed by atoms with Crippen molar-refractivity contribution in [1.82, 2.24) is 25.1 Å². The molecule has 34 heavy (non-hydrogen) atoms. The van der Waals surface area contributed by atoms with Crippen LogP contribution >= 0.6 is 0 Å². The van der Waals surface area contributed by atoms with Gasteiger partial charge in [-0.3, -0.25) is 5.32 Å². The van der Waals surface area contributed by atoms with E-state index in [1.54, 1.807) is 35.2 Å². The Kier molecular flexibility index (Phi) is 6.71.